The minimum atomic E-state index is -0.832. The van der Waals surface area contributed by atoms with Crippen molar-refractivity contribution in [3.8, 4) is 5.75 Å². The normalized spacial score (nSPS) is 11.1. The van der Waals surface area contributed by atoms with Gasteiger partial charge in [0.1, 0.15) is 17.6 Å². The summed E-state index contributed by atoms with van der Waals surface area (Å²) in [6.07, 6.45) is 0.0210. The molecule has 20 heavy (non-hydrogen) atoms. The van der Waals surface area contributed by atoms with E-state index in [2.05, 4.69) is 4.98 Å². The van der Waals surface area contributed by atoms with Crippen molar-refractivity contribution in [3.05, 3.63) is 41.5 Å². The summed E-state index contributed by atoms with van der Waals surface area (Å²) in [6, 6.07) is 9.31. The molecule has 5 heteroatoms. The molecule has 1 heterocycles. The standard InChI is InChI=1S/C15H12ClNO3/c1-8-9(6-14(18)19)2-4-11-12-7-10(20-16)3-5-13(12)17-15(8)11/h2-5,7,17H,6H2,1H3,(H,18,19). The number of benzene rings is 2. The lowest BCUT2D eigenvalue weighted by Gasteiger charge is -2.04. The van der Waals surface area contributed by atoms with Crippen LogP contribution in [0.1, 0.15) is 11.1 Å². The van der Waals surface area contributed by atoms with Crippen LogP contribution in [0.5, 0.6) is 5.75 Å². The molecule has 0 aliphatic rings. The number of hydrogen-bond acceptors (Lipinski definition) is 2. The SMILES string of the molecule is Cc1c(CC(=O)O)ccc2c1[nH]c1ccc(OCl)cc12. The maximum atomic E-state index is 10.9. The largest absolute Gasteiger partial charge is 0.481 e. The third kappa shape index (κ3) is 1.98. The van der Waals surface area contributed by atoms with Crippen LogP contribution in [-0.2, 0) is 11.2 Å². The first-order valence-corrected chi connectivity index (χ1v) is 6.45. The predicted octanol–water partition coefficient (Wildman–Crippen LogP) is 3.79. The molecule has 0 saturated carbocycles. The van der Waals surface area contributed by atoms with Crippen molar-refractivity contribution >= 4 is 39.6 Å². The van der Waals surface area contributed by atoms with Crippen LogP contribution < -0.4 is 4.29 Å². The Labute approximate surface area is 120 Å². The molecule has 0 unspecified atom stereocenters. The molecule has 0 saturated heterocycles. The van der Waals surface area contributed by atoms with Crippen LogP contribution in [0.25, 0.3) is 21.8 Å². The fourth-order valence-electron chi connectivity index (χ4n) is 2.53. The van der Waals surface area contributed by atoms with Gasteiger partial charge in [-0.25, -0.2) is 0 Å². The molecule has 0 fully saturated rings. The number of hydrogen-bond donors (Lipinski definition) is 2. The third-order valence-corrected chi connectivity index (χ3v) is 3.73. The number of halogens is 1. The molecule has 0 aliphatic heterocycles. The summed E-state index contributed by atoms with van der Waals surface area (Å²) in [5.74, 6) is -0.256. The Kier molecular flexibility index (Phi) is 3.03. The number of carboxylic acids is 1. The number of aliphatic carboxylic acids is 1. The van der Waals surface area contributed by atoms with E-state index in [4.69, 9.17) is 21.3 Å². The number of nitrogens with one attached hydrogen (secondary N) is 1. The van der Waals surface area contributed by atoms with E-state index in [9.17, 15) is 4.79 Å². The van der Waals surface area contributed by atoms with Crippen LogP contribution in [0.4, 0.5) is 0 Å². The molecular formula is C15H12ClNO3. The zero-order valence-electron chi connectivity index (χ0n) is 10.7. The molecule has 0 spiro atoms. The van der Waals surface area contributed by atoms with E-state index >= 15 is 0 Å². The van der Waals surface area contributed by atoms with Crippen molar-refractivity contribution < 1.29 is 14.2 Å². The second-order valence-corrected chi connectivity index (χ2v) is 4.91. The van der Waals surface area contributed by atoms with Crippen molar-refractivity contribution in [3.63, 3.8) is 0 Å². The van der Waals surface area contributed by atoms with Crippen molar-refractivity contribution in [2.45, 2.75) is 13.3 Å². The topological polar surface area (TPSA) is 62.3 Å². The predicted molar refractivity (Wildman–Crippen MR) is 78.4 cm³/mol. The Morgan fingerprint density at radius 2 is 2.10 bits per heavy atom. The summed E-state index contributed by atoms with van der Waals surface area (Å²) in [5, 5.41) is 11.0. The molecule has 0 aliphatic carbocycles. The quantitative estimate of drug-likeness (QED) is 0.771. The van der Waals surface area contributed by atoms with Crippen LogP contribution >= 0.6 is 11.9 Å². The van der Waals surface area contributed by atoms with Crippen molar-refractivity contribution in [1.29, 1.82) is 0 Å². The summed E-state index contributed by atoms with van der Waals surface area (Å²) >= 11 is 5.38. The van der Waals surface area contributed by atoms with Gasteiger partial charge in [0, 0.05) is 21.8 Å². The molecule has 0 bridgehead atoms. The average Bonchev–Trinajstić information content (AvgIpc) is 2.80. The molecule has 3 rings (SSSR count). The van der Waals surface area contributed by atoms with Crippen LogP contribution in [0.2, 0.25) is 0 Å². The van der Waals surface area contributed by atoms with Crippen molar-refractivity contribution in [2.75, 3.05) is 0 Å². The lowest BCUT2D eigenvalue weighted by molar-refractivity contribution is -0.136. The summed E-state index contributed by atoms with van der Waals surface area (Å²) in [4.78, 5) is 14.2. The van der Waals surface area contributed by atoms with Gasteiger partial charge in [-0.05, 0) is 36.2 Å². The Morgan fingerprint density at radius 3 is 2.80 bits per heavy atom. The summed E-state index contributed by atoms with van der Waals surface area (Å²) in [5.41, 5.74) is 3.68. The van der Waals surface area contributed by atoms with Crippen LogP contribution in [0.3, 0.4) is 0 Å². The Bertz CT molecular complexity index is 823. The summed E-state index contributed by atoms with van der Waals surface area (Å²) < 4.78 is 4.73. The minimum Gasteiger partial charge on any atom is -0.481 e. The van der Waals surface area contributed by atoms with E-state index < -0.39 is 5.97 Å². The number of fused-ring (bicyclic) bond motifs is 3. The van der Waals surface area contributed by atoms with Crippen LogP contribution in [0, 0.1) is 6.92 Å². The zero-order valence-corrected chi connectivity index (χ0v) is 11.5. The van der Waals surface area contributed by atoms with Gasteiger partial charge in [-0.3, -0.25) is 4.79 Å². The van der Waals surface area contributed by atoms with Gasteiger partial charge in [0.15, 0.2) is 0 Å². The second-order valence-electron chi connectivity index (χ2n) is 4.75. The van der Waals surface area contributed by atoms with Gasteiger partial charge in [-0.2, -0.15) is 0 Å². The highest BCUT2D eigenvalue weighted by Gasteiger charge is 2.12. The molecule has 0 radical (unpaired) electrons. The molecule has 1 aromatic heterocycles. The first kappa shape index (κ1) is 12.8. The minimum absolute atomic E-state index is 0.0210. The highest BCUT2D eigenvalue weighted by atomic mass is 35.5. The van der Waals surface area contributed by atoms with Gasteiger partial charge in [-0.15, -0.1) is 0 Å². The van der Waals surface area contributed by atoms with Crippen LogP contribution in [-0.4, -0.2) is 16.1 Å². The smallest absolute Gasteiger partial charge is 0.307 e. The number of aryl methyl sites for hydroxylation is 1. The average molecular weight is 290 g/mol. The molecule has 4 nitrogen and oxygen atoms in total. The summed E-state index contributed by atoms with van der Waals surface area (Å²) in [6.45, 7) is 1.93. The van der Waals surface area contributed by atoms with E-state index in [1.165, 1.54) is 0 Å². The van der Waals surface area contributed by atoms with Gasteiger partial charge in [-0.1, -0.05) is 12.1 Å². The first-order chi connectivity index (χ1) is 9.60. The maximum absolute atomic E-state index is 10.9. The molecule has 2 N–H and O–H groups in total. The Balaban J connectivity index is 2.28. The van der Waals surface area contributed by atoms with Crippen molar-refractivity contribution in [1.82, 2.24) is 4.98 Å². The summed E-state index contributed by atoms with van der Waals surface area (Å²) in [7, 11) is 0. The van der Waals surface area contributed by atoms with Gasteiger partial charge in [0.2, 0.25) is 0 Å². The lowest BCUT2D eigenvalue weighted by atomic mass is 10.0. The molecule has 3 aromatic rings. The number of carbonyl (C=O) groups is 1. The first-order valence-electron chi connectivity index (χ1n) is 6.14. The number of H-pyrrole nitrogens is 1. The van der Waals surface area contributed by atoms with E-state index in [1.54, 1.807) is 6.07 Å². The maximum Gasteiger partial charge on any atom is 0.307 e. The third-order valence-electron chi connectivity index (χ3n) is 3.55. The fraction of sp³-hybridized carbons (Fsp3) is 0.133. The van der Waals surface area contributed by atoms with Crippen LogP contribution in [0.15, 0.2) is 30.3 Å². The number of aromatic nitrogens is 1. The molecular weight excluding hydrogens is 278 g/mol. The number of carboxylic acid groups (broad SMARTS) is 1. The monoisotopic (exact) mass is 289 g/mol. The molecule has 0 amide bonds. The van der Waals surface area contributed by atoms with Gasteiger partial charge in [0.05, 0.1) is 6.42 Å². The van der Waals surface area contributed by atoms with E-state index in [0.29, 0.717) is 5.75 Å². The number of rotatable bonds is 3. The van der Waals surface area contributed by atoms with Gasteiger partial charge in [0.25, 0.3) is 0 Å². The number of aromatic amines is 1. The van der Waals surface area contributed by atoms with Gasteiger partial charge >= 0.3 is 5.97 Å². The zero-order chi connectivity index (χ0) is 14.3. The molecule has 2 aromatic carbocycles. The van der Waals surface area contributed by atoms with Gasteiger partial charge < -0.3 is 14.4 Å². The van der Waals surface area contributed by atoms with E-state index in [-0.39, 0.29) is 6.42 Å². The molecule has 0 atom stereocenters. The van der Waals surface area contributed by atoms with E-state index in [0.717, 1.165) is 32.9 Å². The second kappa shape index (κ2) is 4.72. The Hall–Kier alpha value is -2.20. The highest BCUT2D eigenvalue weighted by Crippen LogP contribution is 2.32. The molecule has 102 valence electrons. The van der Waals surface area contributed by atoms with E-state index in [1.807, 2.05) is 31.2 Å². The highest BCUT2D eigenvalue weighted by molar-refractivity contribution is 6.11. The Morgan fingerprint density at radius 1 is 1.30 bits per heavy atom. The lowest BCUT2D eigenvalue weighted by Crippen LogP contribution is -2.02. The van der Waals surface area contributed by atoms with Crippen molar-refractivity contribution in [2.24, 2.45) is 0 Å². The fourth-order valence-corrected chi connectivity index (χ4v) is 2.63.